The minimum Gasteiger partial charge on any atom is -0.468 e. The van der Waals surface area contributed by atoms with Gasteiger partial charge in [-0.25, -0.2) is 8.42 Å². The molecule has 196 valence electrons. The molecule has 12 heteroatoms. The largest absolute Gasteiger partial charge is 0.468 e. The highest BCUT2D eigenvalue weighted by Crippen LogP contribution is 2.24. The average molecular weight is 553 g/mol. The van der Waals surface area contributed by atoms with Crippen molar-refractivity contribution in [1.29, 1.82) is 0 Å². The molecule has 0 radical (unpaired) electrons. The number of ether oxygens (including phenoxy) is 1. The van der Waals surface area contributed by atoms with Gasteiger partial charge < -0.3 is 14.6 Å². The molecule has 0 saturated heterocycles. The van der Waals surface area contributed by atoms with Crippen LogP contribution >= 0.6 is 11.3 Å². The van der Waals surface area contributed by atoms with Gasteiger partial charge in [0, 0.05) is 12.6 Å². The molecule has 38 heavy (non-hydrogen) atoms. The van der Waals surface area contributed by atoms with Gasteiger partial charge in [-0.3, -0.25) is 19.1 Å². The normalized spacial score (nSPS) is 11.8. The SMILES string of the molecule is COC(=O)Cn1c(=NC(=O)c2ccccc2NS(=O)(=O)c2ccc(C)cc2)sc2cc(NC(C)=O)ccc21. The summed E-state index contributed by atoms with van der Waals surface area (Å²) in [5, 5.41) is 2.69. The number of rotatable bonds is 7. The molecule has 2 amide bonds. The Bertz CT molecular complexity index is 1720. The van der Waals surface area contributed by atoms with E-state index in [0.717, 1.165) is 16.9 Å². The topological polar surface area (TPSA) is 136 Å². The van der Waals surface area contributed by atoms with Crippen LogP contribution in [-0.2, 0) is 30.9 Å². The number of nitrogens with zero attached hydrogens (tertiary/aromatic N) is 2. The predicted octanol–water partition coefficient (Wildman–Crippen LogP) is 3.68. The summed E-state index contributed by atoms with van der Waals surface area (Å²) in [5.74, 6) is -1.50. The van der Waals surface area contributed by atoms with E-state index in [4.69, 9.17) is 4.74 Å². The van der Waals surface area contributed by atoms with E-state index in [0.29, 0.717) is 15.9 Å². The van der Waals surface area contributed by atoms with Crippen LogP contribution in [0.25, 0.3) is 10.2 Å². The van der Waals surface area contributed by atoms with E-state index >= 15 is 0 Å². The van der Waals surface area contributed by atoms with Gasteiger partial charge in [0.05, 0.1) is 33.5 Å². The van der Waals surface area contributed by atoms with Crippen molar-refractivity contribution in [2.24, 2.45) is 4.99 Å². The van der Waals surface area contributed by atoms with Crippen molar-refractivity contribution in [3.63, 3.8) is 0 Å². The molecule has 1 aromatic heterocycles. The summed E-state index contributed by atoms with van der Waals surface area (Å²) in [6.07, 6.45) is 0. The van der Waals surface area contributed by atoms with Gasteiger partial charge >= 0.3 is 5.97 Å². The first-order valence-corrected chi connectivity index (χ1v) is 13.6. The third-order valence-electron chi connectivity index (χ3n) is 5.45. The van der Waals surface area contributed by atoms with Crippen molar-refractivity contribution in [1.82, 2.24) is 4.57 Å². The van der Waals surface area contributed by atoms with Gasteiger partial charge in [0.2, 0.25) is 5.91 Å². The lowest BCUT2D eigenvalue weighted by molar-refractivity contribution is -0.141. The Morgan fingerprint density at radius 2 is 1.74 bits per heavy atom. The third kappa shape index (κ3) is 5.98. The van der Waals surface area contributed by atoms with Gasteiger partial charge in [-0.1, -0.05) is 41.2 Å². The minimum absolute atomic E-state index is 0.0317. The van der Waals surface area contributed by atoms with Crippen LogP contribution < -0.4 is 14.8 Å². The summed E-state index contributed by atoms with van der Waals surface area (Å²) in [6.45, 7) is 3.03. The molecule has 4 aromatic rings. The maximum absolute atomic E-state index is 13.3. The zero-order valence-corrected chi connectivity index (χ0v) is 22.4. The molecule has 3 aromatic carbocycles. The van der Waals surface area contributed by atoms with E-state index in [1.165, 1.54) is 42.9 Å². The van der Waals surface area contributed by atoms with Crippen molar-refractivity contribution in [2.75, 3.05) is 17.1 Å². The van der Waals surface area contributed by atoms with Gasteiger partial charge in [-0.15, -0.1) is 0 Å². The van der Waals surface area contributed by atoms with Gasteiger partial charge in [-0.05, 0) is 49.4 Å². The number of para-hydroxylation sites is 1. The summed E-state index contributed by atoms with van der Waals surface area (Å²) >= 11 is 1.14. The summed E-state index contributed by atoms with van der Waals surface area (Å²) in [5.41, 5.74) is 2.16. The van der Waals surface area contributed by atoms with Gasteiger partial charge in [-0.2, -0.15) is 4.99 Å². The number of fused-ring (bicyclic) bond motifs is 1. The first-order chi connectivity index (χ1) is 18.1. The number of thiazole rings is 1. The Labute approximate surface area is 222 Å². The van der Waals surface area contributed by atoms with Gasteiger partial charge in [0.1, 0.15) is 6.54 Å². The number of amides is 2. The lowest BCUT2D eigenvalue weighted by Crippen LogP contribution is -2.22. The van der Waals surface area contributed by atoms with Crippen LogP contribution in [-0.4, -0.2) is 37.9 Å². The Morgan fingerprint density at radius 1 is 1.03 bits per heavy atom. The molecule has 4 rings (SSSR count). The number of sulfonamides is 1. The Morgan fingerprint density at radius 3 is 2.42 bits per heavy atom. The number of anilines is 2. The fourth-order valence-corrected chi connectivity index (χ4v) is 5.76. The van der Waals surface area contributed by atoms with E-state index in [2.05, 4.69) is 15.0 Å². The highest BCUT2D eigenvalue weighted by atomic mass is 32.2. The second-order valence-electron chi connectivity index (χ2n) is 8.29. The van der Waals surface area contributed by atoms with Gasteiger partial charge in [0.25, 0.3) is 15.9 Å². The molecular weight excluding hydrogens is 528 g/mol. The number of aryl methyl sites for hydroxylation is 1. The lowest BCUT2D eigenvalue weighted by atomic mass is 10.2. The summed E-state index contributed by atoms with van der Waals surface area (Å²) in [4.78, 5) is 41.4. The van der Waals surface area contributed by atoms with Crippen LogP contribution in [0.1, 0.15) is 22.8 Å². The fraction of sp³-hybridized carbons (Fsp3) is 0.154. The molecule has 10 nitrogen and oxygen atoms in total. The molecule has 0 fully saturated rings. The second-order valence-corrected chi connectivity index (χ2v) is 11.0. The number of hydrogen-bond donors (Lipinski definition) is 2. The highest BCUT2D eigenvalue weighted by Gasteiger charge is 2.19. The molecule has 0 unspecified atom stereocenters. The summed E-state index contributed by atoms with van der Waals surface area (Å²) in [6, 6.07) is 17.5. The van der Waals surface area contributed by atoms with Crippen molar-refractivity contribution in [3.8, 4) is 0 Å². The van der Waals surface area contributed by atoms with Crippen LogP contribution in [0.4, 0.5) is 11.4 Å². The highest BCUT2D eigenvalue weighted by molar-refractivity contribution is 7.92. The molecule has 0 aliphatic rings. The summed E-state index contributed by atoms with van der Waals surface area (Å²) in [7, 11) is -2.71. The standard InChI is InChI=1S/C26H24N4O6S2/c1-16-8-11-19(12-9-16)38(34,35)29-21-7-5-4-6-20(21)25(33)28-26-30(15-24(32)36-3)22-13-10-18(27-17(2)31)14-23(22)37-26/h4-14,29H,15H2,1-3H3,(H,27,31). The second kappa shape index (κ2) is 11.0. The zero-order valence-electron chi connectivity index (χ0n) is 20.7. The van der Waals surface area contributed by atoms with Crippen molar-refractivity contribution in [3.05, 3.63) is 82.7 Å². The van der Waals surface area contributed by atoms with E-state index in [1.54, 1.807) is 42.5 Å². The van der Waals surface area contributed by atoms with E-state index < -0.39 is 21.9 Å². The number of carbonyl (C=O) groups is 3. The van der Waals surface area contributed by atoms with E-state index in [-0.39, 0.29) is 33.4 Å². The smallest absolute Gasteiger partial charge is 0.325 e. The molecule has 0 bridgehead atoms. The Hall–Kier alpha value is -4.29. The van der Waals surface area contributed by atoms with Crippen LogP contribution in [0.2, 0.25) is 0 Å². The molecule has 0 aliphatic heterocycles. The number of carbonyl (C=O) groups excluding carboxylic acids is 3. The first-order valence-electron chi connectivity index (χ1n) is 11.3. The number of hydrogen-bond acceptors (Lipinski definition) is 7. The number of methoxy groups -OCH3 is 1. The number of benzene rings is 3. The van der Waals surface area contributed by atoms with Crippen LogP contribution in [0.5, 0.6) is 0 Å². The maximum atomic E-state index is 13.3. The van der Waals surface area contributed by atoms with Gasteiger partial charge in [0.15, 0.2) is 4.80 Å². The third-order valence-corrected chi connectivity index (χ3v) is 7.87. The lowest BCUT2D eigenvalue weighted by Gasteiger charge is -2.11. The maximum Gasteiger partial charge on any atom is 0.325 e. The fourth-order valence-electron chi connectivity index (χ4n) is 3.61. The molecule has 0 saturated carbocycles. The Balaban J connectivity index is 1.76. The van der Waals surface area contributed by atoms with Crippen molar-refractivity contribution in [2.45, 2.75) is 25.3 Å². The summed E-state index contributed by atoms with van der Waals surface area (Å²) < 4.78 is 35.4. The number of aromatic nitrogens is 1. The molecule has 0 atom stereocenters. The van der Waals surface area contributed by atoms with Crippen LogP contribution in [0.3, 0.4) is 0 Å². The first kappa shape index (κ1) is 26.8. The zero-order chi connectivity index (χ0) is 27.4. The monoisotopic (exact) mass is 552 g/mol. The molecular formula is C26H24N4O6S2. The van der Waals surface area contributed by atoms with Crippen LogP contribution in [0.15, 0.2) is 76.6 Å². The van der Waals surface area contributed by atoms with E-state index in [1.807, 2.05) is 6.92 Å². The molecule has 0 aliphatic carbocycles. The minimum atomic E-state index is -3.96. The number of nitrogens with one attached hydrogen (secondary N) is 2. The Kier molecular flexibility index (Phi) is 7.74. The quantitative estimate of drug-likeness (QED) is 0.336. The van der Waals surface area contributed by atoms with Crippen molar-refractivity contribution < 1.29 is 27.5 Å². The van der Waals surface area contributed by atoms with E-state index in [9.17, 15) is 22.8 Å². The van der Waals surface area contributed by atoms with Crippen LogP contribution in [0, 0.1) is 6.92 Å². The number of esters is 1. The predicted molar refractivity (Wildman–Crippen MR) is 144 cm³/mol. The molecule has 2 N–H and O–H groups in total. The molecule has 0 spiro atoms. The average Bonchev–Trinajstić information content (AvgIpc) is 3.19. The molecule has 1 heterocycles. The van der Waals surface area contributed by atoms with Crippen molar-refractivity contribution >= 4 is 60.7 Å².